The molecule has 0 aliphatic carbocycles. The van der Waals surface area contributed by atoms with Gasteiger partial charge >= 0.3 is 0 Å². The van der Waals surface area contributed by atoms with Crippen LogP contribution in [0.3, 0.4) is 0 Å². The van der Waals surface area contributed by atoms with Gasteiger partial charge in [-0.1, -0.05) is 30.3 Å². The van der Waals surface area contributed by atoms with E-state index in [2.05, 4.69) is 5.10 Å². The lowest BCUT2D eigenvalue weighted by molar-refractivity contribution is 0.212. The zero-order valence-corrected chi connectivity index (χ0v) is 12.5. The monoisotopic (exact) mass is 296 g/mol. The van der Waals surface area contributed by atoms with Gasteiger partial charge in [0.25, 0.3) is 0 Å². The van der Waals surface area contributed by atoms with Gasteiger partial charge in [0.1, 0.15) is 6.10 Å². The quantitative estimate of drug-likeness (QED) is 0.746. The van der Waals surface area contributed by atoms with E-state index in [0.717, 1.165) is 16.9 Å². The van der Waals surface area contributed by atoms with Crippen LogP contribution in [0.2, 0.25) is 0 Å². The van der Waals surface area contributed by atoms with Gasteiger partial charge in [-0.3, -0.25) is 0 Å². The second-order valence-electron chi connectivity index (χ2n) is 4.68. The van der Waals surface area contributed by atoms with Gasteiger partial charge < -0.3 is 5.11 Å². The molecule has 0 saturated heterocycles. The molecule has 0 aliphatic heterocycles. The van der Waals surface area contributed by atoms with Crippen LogP contribution >= 0.6 is 11.8 Å². The van der Waals surface area contributed by atoms with Gasteiger partial charge in [-0.25, -0.2) is 4.68 Å². The van der Waals surface area contributed by atoms with Crippen molar-refractivity contribution >= 4 is 11.8 Å². The topological polar surface area (TPSA) is 38.1 Å². The van der Waals surface area contributed by atoms with Crippen LogP contribution in [0.1, 0.15) is 17.4 Å². The highest BCUT2D eigenvalue weighted by Crippen LogP contribution is 2.25. The fourth-order valence-corrected chi connectivity index (χ4v) is 2.67. The molecule has 106 valence electrons. The molecule has 0 aliphatic rings. The first-order valence-corrected chi connectivity index (χ1v) is 7.93. The van der Waals surface area contributed by atoms with Crippen molar-refractivity contribution in [1.82, 2.24) is 9.78 Å². The van der Waals surface area contributed by atoms with Gasteiger partial charge in [-0.05, 0) is 42.2 Å². The molecule has 1 aromatic heterocycles. The summed E-state index contributed by atoms with van der Waals surface area (Å²) < 4.78 is 1.77. The second kappa shape index (κ2) is 6.16. The molecule has 0 bridgehead atoms. The number of thioether (sulfide) groups is 1. The Hall–Kier alpha value is -2.04. The molecule has 0 saturated carbocycles. The van der Waals surface area contributed by atoms with Crippen LogP contribution in [0.4, 0.5) is 0 Å². The van der Waals surface area contributed by atoms with E-state index in [0.29, 0.717) is 0 Å². The minimum Gasteiger partial charge on any atom is -0.382 e. The number of aromatic nitrogens is 2. The number of aliphatic hydroxyl groups excluding tert-OH is 1. The third kappa shape index (κ3) is 2.86. The Bertz CT molecular complexity index is 707. The maximum atomic E-state index is 10.6. The van der Waals surface area contributed by atoms with E-state index < -0.39 is 6.10 Å². The molecular formula is C17H16N2OS. The Morgan fingerprint density at radius 2 is 1.71 bits per heavy atom. The summed E-state index contributed by atoms with van der Waals surface area (Å²) in [5.41, 5.74) is 2.57. The molecule has 1 heterocycles. The van der Waals surface area contributed by atoms with Crippen LogP contribution in [0.15, 0.2) is 71.8 Å². The normalized spacial score (nSPS) is 12.3. The number of benzene rings is 2. The Morgan fingerprint density at radius 3 is 2.38 bits per heavy atom. The summed E-state index contributed by atoms with van der Waals surface area (Å²) in [6.07, 6.45) is 3.06. The first-order valence-electron chi connectivity index (χ1n) is 6.71. The van der Waals surface area contributed by atoms with Crippen LogP contribution in [0.25, 0.3) is 5.69 Å². The predicted octanol–water partition coefficient (Wildman–Crippen LogP) is 3.68. The fourth-order valence-electron chi connectivity index (χ4n) is 2.26. The minimum atomic E-state index is -0.691. The van der Waals surface area contributed by atoms with E-state index in [9.17, 15) is 5.11 Å². The number of para-hydroxylation sites is 1. The summed E-state index contributed by atoms with van der Waals surface area (Å²) in [5.74, 6) is 0. The number of nitrogens with zero attached hydrogens (tertiary/aromatic N) is 2. The van der Waals surface area contributed by atoms with Crippen molar-refractivity contribution in [2.75, 3.05) is 6.26 Å². The Morgan fingerprint density at radius 1 is 1.00 bits per heavy atom. The minimum absolute atomic E-state index is 0.691. The van der Waals surface area contributed by atoms with Crippen molar-refractivity contribution in [3.63, 3.8) is 0 Å². The summed E-state index contributed by atoms with van der Waals surface area (Å²) in [6.45, 7) is 0. The molecule has 3 nitrogen and oxygen atoms in total. The third-order valence-electron chi connectivity index (χ3n) is 3.38. The summed E-state index contributed by atoms with van der Waals surface area (Å²) in [4.78, 5) is 1.18. The van der Waals surface area contributed by atoms with Crippen molar-refractivity contribution in [3.8, 4) is 5.69 Å². The van der Waals surface area contributed by atoms with Gasteiger partial charge in [0, 0.05) is 11.1 Å². The summed E-state index contributed by atoms with van der Waals surface area (Å²) in [5, 5.41) is 14.9. The summed E-state index contributed by atoms with van der Waals surface area (Å²) in [6, 6.07) is 19.6. The molecule has 4 heteroatoms. The molecule has 3 rings (SSSR count). The average Bonchev–Trinajstić information content (AvgIpc) is 3.04. The molecule has 1 unspecified atom stereocenters. The largest absolute Gasteiger partial charge is 0.382 e. The molecule has 0 spiro atoms. The van der Waals surface area contributed by atoms with Crippen molar-refractivity contribution < 1.29 is 5.11 Å². The van der Waals surface area contributed by atoms with Gasteiger partial charge in [0.2, 0.25) is 0 Å². The highest BCUT2D eigenvalue weighted by Gasteiger charge is 2.16. The number of hydrogen-bond acceptors (Lipinski definition) is 3. The first kappa shape index (κ1) is 13.9. The standard InChI is InChI=1S/C17H16N2OS/c1-21-15-9-7-13(8-10-15)17(20)16-11-12-18-19(16)14-5-3-2-4-6-14/h2-12,17,20H,1H3. The van der Waals surface area contributed by atoms with Gasteiger partial charge in [0.15, 0.2) is 0 Å². The zero-order chi connectivity index (χ0) is 14.7. The molecule has 2 aromatic carbocycles. The number of hydrogen-bond donors (Lipinski definition) is 1. The molecule has 3 aromatic rings. The SMILES string of the molecule is CSc1ccc(C(O)c2ccnn2-c2ccccc2)cc1. The van der Waals surface area contributed by atoms with Crippen LogP contribution in [0.5, 0.6) is 0 Å². The lowest BCUT2D eigenvalue weighted by Crippen LogP contribution is -2.08. The van der Waals surface area contributed by atoms with Crippen molar-refractivity contribution in [3.05, 3.63) is 78.1 Å². The van der Waals surface area contributed by atoms with Gasteiger partial charge in [-0.2, -0.15) is 5.10 Å². The summed E-state index contributed by atoms with van der Waals surface area (Å²) in [7, 11) is 0. The van der Waals surface area contributed by atoms with Crippen molar-refractivity contribution in [2.24, 2.45) is 0 Å². The Balaban J connectivity index is 1.95. The van der Waals surface area contributed by atoms with Crippen LogP contribution < -0.4 is 0 Å². The lowest BCUT2D eigenvalue weighted by atomic mass is 10.1. The zero-order valence-electron chi connectivity index (χ0n) is 11.7. The molecule has 0 fully saturated rings. The first-order chi connectivity index (χ1) is 10.3. The third-order valence-corrected chi connectivity index (χ3v) is 4.13. The maximum Gasteiger partial charge on any atom is 0.121 e. The van der Waals surface area contributed by atoms with Gasteiger partial charge in [0.05, 0.1) is 11.4 Å². The van der Waals surface area contributed by atoms with Crippen molar-refractivity contribution in [1.29, 1.82) is 0 Å². The predicted molar refractivity (Wildman–Crippen MR) is 85.8 cm³/mol. The lowest BCUT2D eigenvalue weighted by Gasteiger charge is -2.14. The highest BCUT2D eigenvalue weighted by atomic mass is 32.2. The molecule has 1 N–H and O–H groups in total. The maximum absolute atomic E-state index is 10.6. The van der Waals surface area contributed by atoms with Crippen LogP contribution in [0, 0.1) is 0 Å². The highest BCUT2D eigenvalue weighted by molar-refractivity contribution is 7.98. The number of aliphatic hydroxyl groups is 1. The van der Waals surface area contributed by atoms with E-state index in [1.54, 1.807) is 22.6 Å². The smallest absolute Gasteiger partial charge is 0.121 e. The summed E-state index contributed by atoms with van der Waals surface area (Å²) >= 11 is 1.69. The molecule has 1 atom stereocenters. The van der Waals surface area contributed by atoms with Crippen LogP contribution in [-0.4, -0.2) is 21.1 Å². The second-order valence-corrected chi connectivity index (χ2v) is 5.56. The van der Waals surface area contributed by atoms with E-state index in [4.69, 9.17) is 0 Å². The average molecular weight is 296 g/mol. The van der Waals surface area contributed by atoms with Gasteiger partial charge in [-0.15, -0.1) is 11.8 Å². The number of rotatable bonds is 4. The van der Waals surface area contributed by atoms with Crippen molar-refractivity contribution in [2.45, 2.75) is 11.0 Å². The van der Waals surface area contributed by atoms with E-state index in [1.165, 1.54) is 4.90 Å². The Labute approximate surface area is 128 Å². The van der Waals surface area contributed by atoms with E-state index in [1.807, 2.05) is 66.9 Å². The van der Waals surface area contributed by atoms with Crippen LogP contribution in [-0.2, 0) is 0 Å². The van der Waals surface area contributed by atoms with E-state index >= 15 is 0 Å². The molecule has 0 amide bonds. The fraction of sp³-hybridized carbons (Fsp3) is 0.118. The Kier molecular flexibility index (Phi) is 4.08. The molecular weight excluding hydrogens is 280 g/mol. The molecule has 21 heavy (non-hydrogen) atoms. The van der Waals surface area contributed by atoms with E-state index in [-0.39, 0.29) is 0 Å². The molecule has 0 radical (unpaired) electrons.